The van der Waals surface area contributed by atoms with Gasteiger partial charge in [-0.25, -0.2) is 0 Å². The van der Waals surface area contributed by atoms with Crippen molar-refractivity contribution in [2.45, 2.75) is 31.3 Å². The summed E-state index contributed by atoms with van der Waals surface area (Å²) in [5.74, 6) is 1.82. The van der Waals surface area contributed by atoms with Crippen LogP contribution in [0.2, 0.25) is 0 Å². The number of hydrogen-bond acceptors (Lipinski definition) is 3. The van der Waals surface area contributed by atoms with Gasteiger partial charge in [0.1, 0.15) is 5.75 Å². The van der Waals surface area contributed by atoms with Gasteiger partial charge in [0.25, 0.3) is 0 Å². The van der Waals surface area contributed by atoms with E-state index in [1.165, 1.54) is 37.9 Å². The first kappa shape index (κ1) is 13.9. The van der Waals surface area contributed by atoms with Gasteiger partial charge in [0.05, 0.1) is 7.11 Å². The second-order valence-corrected chi connectivity index (χ2v) is 6.41. The van der Waals surface area contributed by atoms with Crippen molar-refractivity contribution in [3.05, 3.63) is 29.8 Å². The summed E-state index contributed by atoms with van der Waals surface area (Å²) in [6, 6.07) is 9.90. The highest BCUT2D eigenvalue weighted by molar-refractivity contribution is 5.31. The van der Waals surface area contributed by atoms with Gasteiger partial charge >= 0.3 is 0 Å². The molecule has 0 unspecified atom stereocenters. The van der Waals surface area contributed by atoms with E-state index in [4.69, 9.17) is 4.74 Å². The van der Waals surface area contributed by atoms with Crippen LogP contribution in [-0.4, -0.2) is 50.1 Å². The van der Waals surface area contributed by atoms with E-state index in [0.717, 1.165) is 17.7 Å². The van der Waals surface area contributed by atoms with Crippen molar-refractivity contribution in [3.8, 4) is 5.75 Å². The Hall–Kier alpha value is -1.06. The lowest BCUT2D eigenvalue weighted by Crippen LogP contribution is -2.52. The molecular formula is C17H26N2O. The third-order valence-electron chi connectivity index (χ3n) is 5.20. The van der Waals surface area contributed by atoms with Gasteiger partial charge in [-0.1, -0.05) is 12.1 Å². The van der Waals surface area contributed by atoms with Crippen molar-refractivity contribution >= 4 is 0 Å². The van der Waals surface area contributed by atoms with Gasteiger partial charge in [-0.15, -0.1) is 0 Å². The molecule has 0 aliphatic carbocycles. The molecule has 0 saturated carbocycles. The van der Waals surface area contributed by atoms with Crippen LogP contribution >= 0.6 is 0 Å². The monoisotopic (exact) mass is 274 g/mol. The Morgan fingerprint density at radius 3 is 2.80 bits per heavy atom. The third kappa shape index (κ3) is 2.57. The minimum atomic E-state index is 0.551. The number of nitrogens with zero attached hydrogens (tertiary/aromatic N) is 2. The third-order valence-corrected chi connectivity index (χ3v) is 5.20. The number of benzene rings is 1. The van der Waals surface area contributed by atoms with Gasteiger partial charge in [-0.2, -0.15) is 0 Å². The van der Waals surface area contributed by atoms with Crippen molar-refractivity contribution in [1.29, 1.82) is 0 Å². The molecule has 0 N–H and O–H groups in total. The molecule has 2 fully saturated rings. The fourth-order valence-corrected chi connectivity index (χ4v) is 4.08. The molecule has 2 saturated heterocycles. The summed E-state index contributed by atoms with van der Waals surface area (Å²) in [6.45, 7) is 2.50. The predicted molar refractivity (Wildman–Crippen MR) is 82.1 cm³/mol. The van der Waals surface area contributed by atoms with E-state index in [9.17, 15) is 0 Å². The maximum atomic E-state index is 5.38. The summed E-state index contributed by atoms with van der Waals surface area (Å²) in [7, 11) is 6.31. The summed E-state index contributed by atoms with van der Waals surface area (Å²) in [5, 5.41) is 0. The Kier molecular flexibility index (Phi) is 3.99. The number of methoxy groups -OCH3 is 1. The molecule has 1 aromatic rings. The summed E-state index contributed by atoms with van der Waals surface area (Å²) >= 11 is 0. The molecule has 0 aromatic heterocycles. The normalized spacial score (nSPS) is 31.9. The minimum Gasteiger partial charge on any atom is -0.497 e. The number of ether oxygens (including phenoxy) is 1. The van der Waals surface area contributed by atoms with Gasteiger partial charge in [0.2, 0.25) is 0 Å². The van der Waals surface area contributed by atoms with Crippen LogP contribution in [0.1, 0.15) is 30.9 Å². The van der Waals surface area contributed by atoms with Gasteiger partial charge < -0.3 is 9.64 Å². The highest BCUT2D eigenvalue weighted by Gasteiger charge is 2.38. The second kappa shape index (κ2) is 5.74. The first-order valence-corrected chi connectivity index (χ1v) is 7.73. The number of fused-ring (bicyclic) bond motifs is 1. The Labute approximate surface area is 122 Å². The van der Waals surface area contributed by atoms with Crippen LogP contribution in [0.5, 0.6) is 5.75 Å². The van der Waals surface area contributed by atoms with Crippen LogP contribution in [0.25, 0.3) is 0 Å². The molecule has 20 heavy (non-hydrogen) atoms. The van der Waals surface area contributed by atoms with E-state index < -0.39 is 0 Å². The number of piperidine rings is 2. The highest BCUT2D eigenvalue weighted by atomic mass is 16.5. The SMILES string of the molecule is COc1cccc([C@@H]2CC[C@H]3CN(C)CC[C@H]3N2C)c1. The summed E-state index contributed by atoms with van der Waals surface area (Å²) in [6.07, 6.45) is 3.91. The molecule has 0 radical (unpaired) electrons. The Bertz CT molecular complexity index is 462. The molecule has 3 rings (SSSR count). The molecule has 110 valence electrons. The maximum absolute atomic E-state index is 5.38. The highest BCUT2D eigenvalue weighted by Crippen LogP contribution is 2.39. The standard InChI is InChI=1S/C17H26N2O/c1-18-10-9-17-14(12-18)7-8-16(19(17)2)13-5-4-6-15(11-13)20-3/h4-6,11,14,16-17H,7-10,12H2,1-3H3/t14-,16-,17+/m0/s1. The van der Waals surface area contributed by atoms with Crippen LogP contribution < -0.4 is 4.74 Å². The maximum Gasteiger partial charge on any atom is 0.119 e. The average Bonchev–Trinajstić information content (AvgIpc) is 2.47. The quantitative estimate of drug-likeness (QED) is 0.825. The van der Waals surface area contributed by atoms with Gasteiger partial charge in [0.15, 0.2) is 0 Å². The molecule has 2 aliphatic heterocycles. The largest absolute Gasteiger partial charge is 0.497 e. The molecule has 0 amide bonds. The lowest BCUT2D eigenvalue weighted by atomic mass is 9.80. The van der Waals surface area contributed by atoms with Crippen molar-refractivity contribution in [2.24, 2.45) is 5.92 Å². The summed E-state index contributed by atoms with van der Waals surface area (Å²) in [5.41, 5.74) is 1.41. The zero-order valence-corrected chi connectivity index (χ0v) is 12.9. The van der Waals surface area contributed by atoms with E-state index in [1.54, 1.807) is 7.11 Å². The van der Waals surface area contributed by atoms with Gasteiger partial charge in [0, 0.05) is 18.6 Å². The zero-order chi connectivity index (χ0) is 14.1. The molecule has 3 nitrogen and oxygen atoms in total. The molecule has 0 spiro atoms. The fourth-order valence-electron chi connectivity index (χ4n) is 4.08. The van der Waals surface area contributed by atoms with Crippen molar-refractivity contribution in [1.82, 2.24) is 9.80 Å². The van der Waals surface area contributed by atoms with Crippen LogP contribution in [0.3, 0.4) is 0 Å². The average molecular weight is 274 g/mol. The molecule has 2 heterocycles. The molecule has 2 aliphatic rings. The van der Waals surface area contributed by atoms with E-state index >= 15 is 0 Å². The summed E-state index contributed by atoms with van der Waals surface area (Å²) in [4.78, 5) is 5.11. The van der Waals surface area contributed by atoms with E-state index in [2.05, 4.69) is 42.1 Å². The van der Waals surface area contributed by atoms with Gasteiger partial charge in [-0.05, 0) is 63.5 Å². The lowest BCUT2D eigenvalue weighted by molar-refractivity contribution is 0.0119. The van der Waals surface area contributed by atoms with Crippen molar-refractivity contribution < 1.29 is 4.74 Å². The minimum absolute atomic E-state index is 0.551. The first-order valence-electron chi connectivity index (χ1n) is 7.73. The van der Waals surface area contributed by atoms with E-state index in [1.807, 2.05) is 6.07 Å². The van der Waals surface area contributed by atoms with Crippen LogP contribution in [0.15, 0.2) is 24.3 Å². The molecule has 3 atom stereocenters. The van der Waals surface area contributed by atoms with Gasteiger partial charge in [-0.3, -0.25) is 4.90 Å². The van der Waals surface area contributed by atoms with Crippen molar-refractivity contribution in [3.63, 3.8) is 0 Å². The van der Waals surface area contributed by atoms with E-state index in [-0.39, 0.29) is 0 Å². The molecule has 3 heteroatoms. The molecular weight excluding hydrogens is 248 g/mol. The number of hydrogen-bond donors (Lipinski definition) is 0. The van der Waals surface area contributed by atoms with Crippen LogP contribution in [-0.2, 0) is 0 Å². The fraction of sp³-hybridized carbons (Fsp3) is 0.647. The van der Waals surface area contributed by atoms with Crippen LogP contribution in [0.4, 0.5) is 0 Å². The first-order chi connectivity index (χ1) is 9.69. The summed E-state index contributed by atoms with van der Waals surface area (Å²) < 4.78 is 5.38. The van der Waals surface area contributed by atoms with Crippen molar-refractivity contribution in [2.75, 3.05) is 34.3 Å². The predicted octanol–water partition coefficient (Wildman–Crippen LogP) is 2.78. The molecule has 0 bridgehead atoms. The number of likely N-dealkylation sites (tertiary alicyclic amines) is 2. The lowest BCUT2D eigenvalue weighted by Gasteiger charge is -2.49. The Balaban J connectivity index is 1.78. The van der Waals surface area contributed by atoms with E-state index in [0.29, 0.717) is 6.04 Å². The Morgan fingerprint density at radius 2 is 2.00 bits per heavy atom. The van der Waals surface area contributed by atoms with Crippen LogP contribution in [0, 0.1) is 5.92 Å². The molecule has 1 aromatic carbocycles. The number of rotatable bonds is 2. The Morgan fingerprint density at radius 1 is 1.15 bits per heavy atom. The smallest absolute Gasteiger partial charge is 0.119 e. The topological polar surface area (TPSA) is 15.7 Å². The second-order valence-electron chi connectivity index (χ2n) is 6.41. The zero-order valence-electron chi connectivity index (χ0n) is 12.9.